The van der Waals surface area contributed by atoms with E-state index in [0.29, 0.717) is 25.4 Å². The van der Waals surface area contributed by atoms with Gasteiger partial charge in [-0.1, -0.05) is 6.07 Å². The van der Waals surface area contributed by atoms with Gasteiger partial charge < -0.3 is 19.6 Å². The maximum atomic E-state index is 12.5. The first-order valence-corrected chi connectivity index (χ1v) is 9.85. The first-order valence-electron chi connectivity index (χ1n) is 8.69. The van der Waals surface area contributed by atoms with Gasteiger partial charge in [0.1, 0.15) is 12.4 Å². The molecule has 1 saturated heterocycles. The summed E-state index contributed by atoms with van der Waals surface area (Å²) in [6.45, 7) is 5.22. The quantitative estimate of drug-likeness (QED) is 0.792. The highest BCUT2D eigenvalue weighted by molar-refractivity contribution is 7.99. The van der Waals surface area contributed by atoms with Gasteiger partial charge >= 0.3 is 0 Å². The number of ether oxygens (including phenoxy) is 1. The molecule has 2 aliphatic heterocycles. The summed E-state index contributed by atoms with van der Waals surface area (Å²) in [5, 5.41) is 9.29. The molecule has 0 saturated carbocycles. The van der Waals surface area contributed by atoms with E-state index in [1.807, 2.05) is 23.1 Å². The number of hydrogen-bond acceptors (Lipinski definition) is 5. The van der Waals surface area contributed by atoms with Crippen LogP contribution in [0.15, 0.2) is 18.2 Å². The lowest BCUT2D eigenvalue weighted by Gasteiger charge is -2.20. The first-order chi connectivity index (χ1) is 11.8. The van der Waals surface area contributed by atoms with Crippen molar-refractivity contribution in [1.82, 2.24) is 9.80 Å². The number of nitrogens with zero attached hydrogens (tertiary/aromatic N) is 2. The summed E-state index contributed by atoms with van der Waals surface area (Å²) in [4.78, 5) is 16.8. The van der Waals surface area contributed by atoms with Gasteiger partial charge in [0.05, 0.1) is 18.9 Å². The number of aliphatic hydroxyl groups is 1. The molecule has 1 fully saturated rings. The average molecular weight is 350 g/mol. The summed E-state index contributed by atoms with van der Waals surface area (Å²) in [5.74, 6) is 2.54. The topological polar surface area (TPSA) is 53.0 Å². The summed E-state index contributed by atoms with van der Waals surface area (Å²) < 4.78 is 5.73. The van der Waals surface area contributed by atoms with E-state index in [2.05, 4.69) is 4.90 Å². The SMILES string of the molecule is O=C(CSCCN1CCCC1)N1CCOc2ccc(CO)cc2C1. The Morgan fingerprint density at radius 3 is 2.88 bits per heavy atom. The third-order valence-corrected chi connectivity index (χ3v) is 5.54. The largest absolute Gasteiger partial charge is 0.491 e. The zero-order chi connectivity index (χ0) is 16.8. The van der Waals surface area contributed by atoms with Crippen LogP contribution in [0.3, 0.4) is 0 Å². The number of rotatable bonds is 6. The van der Waals surface area contributed by atoms with Crippen LogP contribution in [0.25, 0.3) is 0 Å². The van der Waals surface area contributed by atoms with Gasteiger partial charge in [-0.05, 0) is 43.6 Å². The standard InChI is InChI=1S/C18H26N2O3S/c21-13-15-3-4-17-16(11-15)12-20(7-9-23-17)18(22)14-24-10-8-19-5-1-2-6-19/h3-4,11,21H,1-2,5-10,12-14H2. The normalized spacial score (nSPS) is 18.1. The number of carbonyl (C=O) groups excluding carboxylic acids is 1. The minimum absolute atomic E-state index is 0.00752. The van der Waals surface area contributed by atoms with Gasteiger partial charge in [0, 0.05) is 24.4 Å². The monoisotopic (exact) mass is 350 g/mol. The van der Waals surface area contributed by atoms with E-state index in [1.54, 1.807) is 11.8 Å². The van der Waals surface area contributed by atoms with E-state index in [9.17, 15) is 9.90 Å². The molecule has 6 heteroatoms. The Hall–Kier alpha value is -1.24. The molecule has 24 heavy (non-hydrogen) atoms. The van der Waals surface area contributed by atoms with Gasteiger partial charge in [-0.3, -0.25) is 4.79 Å². The first kappa shape index (κ1) is 17.6. The zero-order valence-corrected chi connectivity index (χ0v) is 14.9. The molecule has 0 spiro atoms. The van der Waals surface area contributed by atoms with Crippen LogP contribution in [0.2, 0.25) is 0 Å². The summed E-state index contributed by atoms with van der Waals surface area (Å²) in [7, 11) is 0. The molecular weight excluding hydrogens is 324 g/mol. The van der Waals surface area contributed by atoms with Crippen LogP contribution >= 0.6 is 11.8 Å². The van der Waals surface area contributed by atoms with Crippen molar-refractivity contribution in [3.05, 3.63) is 29.3 Å². The van der Waals surface area contributed by atoms with Gasteiger partial charge in [-0.15, -0.1) is 0 Å². The zero-order valence-electron chi connectivity index (χ0n) is 14.1. The Labute approximate surface area is 148 Å². The van der Waals surface area contributed by atoms with Crippen LogP contribution in [0.1, 0.15) is 24.0 Å². The highest BCUT2D eigenvalue weighted by Crippen LogP contribution is 2.25. The number of aliphatic hydroxyl groups excluding tert-OH is 1. The van der Waals surface area contributed by atoms with Gasteiger partial charge in [-0.25, -0.2) is 0 Å². The number of thioether (sulfide) groups is 1. The fraction of sp³-hybridized carbons (Fsp3) is 0.611. The van der Waals surface area contributed by atoms with E-state index in [1.165, 1.54) is 25.9 Å². The lowest BCUT2D eigenvalue weighted by molar-refractivity contribution is -0.129. The minimum Gasteiger partial charge on any atom is -0.491 e. The predicted molar refractivity (Wildman–Crippen MR) is 96.3 cm³/mol. The Bertz CT molecular complexity index is 561. The van der Waals surface area contributed by atoms with Crippen molar-refractivity contribution in [2.24, 2.45) is 0 Å². The Balaban J connectivity index is 1.49. The molecule has 0 aliphatic carbocycles. The van der Waals surface area contributed by atoms with Crippen LogP contribution in [-0.2, 0) is 17.9 Å². The smallest absolute Gasteiger partial charge is 0.232 e. The van der Waals surface area contributed by atoms with E-state index < -0.39 is 0 Å². The maximum absolute atomic E-state index is 12.5. The highest BCUT2D eigenvalue weighted by atomic mass is 32.2. The van der Waals surface area contributed by atoms with Crippen molar-refractivity contribution < 1.29 is 14.6 Å². The van der Waals surface area contributed by atoms with Crippen LogP contribution in [-0.4, -0.2) is 65.1 Å². The van der Waals surface area contributed by atoms with Gasteiger partial charge in [0.25, 0.3) is 0 Å². The fourth-order valence-corrected chi connectivity index (χ4v) is 4.10. The van der Waals surface area contributed by atoms with Gasteiger partial charge in [0.15, 0.2) is 0 Å². The second-order valence-corrected chi connectivity index (χ2v) is 7.47. The number of carbonyl (C=O) groups is 1. The summed E-state index contributed by atoms with van der Waals surface area (Å²) in [5.41, 5.74) is 1.83. The van der Waals surface area contributed by atoms with Crippen molar-refractivity contribution in [3.8, 4) is 5.75 Å². The predicted octanol–water partition coefficient (Wildman–Crippen LogP) is 1.73. The molecule has 0 bridgehead atoms. The summed E-state index contributed by atoms with van der Waals surface area (Å²) in [6, 6.07) is 5.69. The molecule has 5 nitrogen and oxygen atoms in total. The maximum Gasteiger partial charge on any atom is 0.232 e. The molecule has 0 aromatic heterocycles. The van der Waals surface area contributed by atoms with Crippen molar-refractivity contribution in [1.29, 1.82) is 0 Å². The molecular formula is C18H26N2O3S. The van der Waals surface area contributed by atoms with Gasteiger partial charge in [0.2, 0.25) is 5.91 Å². The third-order valence-electron chi connectivity index (χ3n) is 4.62. The number of fused-ring (bicyclic) bond motifs is 1. The van der Waals surface area contributed by atoms with Crippen LogP contribution < -0.4 is 4.74 Å². The van der Waals surface area contributed by atoms with Crippen LogP contribution in [0, 0.1) is 0 Å². The molecule has 0 atom stereocenters. The summed E-state index contributed by atoms with van der Waals surface area (Å²) >= 11 is 1.72. The van der Waals surface area contributed by atoms with E-state index in [0.717, 1.165) is 29.2 Å². The number of amides is 1. The van der Waals surface area contributed by atoms with Crippen molar-refractivity contribution in [3.63, 3.8) is 0 Å². The third kappa shape index (κ3) is 4.65. The minimum atomic E-state index is 0.00752. The molecule has 1 aromatic rings. The number of likely N-dealkylation sites (tertiary alicyclic amines) is 1. The molecule has 2 aliphatic rings. The lowest BCUT2D eigenvalue weighted by atomic mass is 10.1. The molecule has 1 N–H and O–H groups in total. The summed E-state index contributed by atoms with van der Waals surface area (Å²) in [6.07, 6.45) is 2.62. The molecule has 3 rings (SSSR count). The molecule has 0 radical (unpaired) electrons. The van der Waals surface area contributed by atoms with Crippen molar-refractivity contribution in [2.75, 3.05) is 44.3 Å². The van der Waals surface area contributed by atoms with Crippen LogP contribution in [0.5, 0.6) is 5.75 Å². The van der Waals surface area contributed by atoms with Crippen LogP contribution in [0.4, 0.5) is 0 Å². The average Bonchev–Trinajstić information content (AvgIpc) is 3.02. The van der Waals surface area contributed by atoms with E-state index in [4.69, 9.17) is 4.74 Å². The molecule has 2 heterocycles. The second kappa shape index (κ2) is 8.74. The lowest BCUT2D eigenvalue weighted by Crippen LogP contribution is -2.34. The van der Waals surface area contributed by atoms with Crippen molar-refractivity contribution >= 4 is 17.7 Å². The molecule has 132 valence electrons. The number of benzene rings is 1. The Kier molecular flexibility index (Phi) is 6.40. The Morgan fingerprint density at radius 1 is 1.25 bits per heavy atom. The molecule has 0 unspecified atom stereocenters. The van der Waals surface area contributed by atoms with E-state index in [-0.39, 0.29) is 12.5 Å². The highest BCUT2D eigenvalue weighted by Gasteiger charge is 2.20. The second-order valence-electron chi connectivity index (χ2n) is 6.37. The molecule has 1 amide bonds. The van der Waals surface area contributed by atoms with E-state index >= 15 is 0 Å². The fourth-order valence-electron chi connectivity index (χ4n) is 3.21. The van der Waals surface area contributed by atoms with Crippen molar-refractivity contribution in [2.45, 2.75) is 26.0 Å². The van der Waals surface area contributed by atoms with Gasteiger partial charge in [-0.2, -0.15) is 11.8 Å². The Morgan fingerprint density at radius 2 is 2.08 bits per heavy atom. The molecule has 1 aromatic carbocycles. The number of hydrogen-bond donors (Lipinski definition) is 1.